The lowest BCUT2D eigenvalue weighted by molar-refractivity contribution is 0.102. The lowest BCUT2D eigenvalue weighted by Gasteiger charge is -2.07. The van der Waals surface area contributed by atoms with Crippen LogP contribution >= 0.6 is 0 Å². The quantitative estimate of drug-likeness (QED) is 0.687. The van der Waals surface area contributed by atoms with Crippen molar-refractivity contribution in [3.8, 4) is 0 Å². The van der Waals surface area contributed by atoms with E-state index in [2.05, 4.69) is 5.32 Å². The summed E-state index contributed by atoms with van der Waals surface area (Å²) in [5.41, 5.74) is 13.5. The molecule has 0 saturated heterocycles. The lowest BCUT2D eigenvalue weighted by atomic mass is 10.1. The Morgan fingerprint density at radius 2 is 1.76 bits per heavy atom. The van der Waals surface area contributed by atoms with Crippen LogP contribution in [0, 0.1) is 0 Å². The van der Waals surface area contributed by atoms with Crippen LogP contribution in [-0.2, 0) is 0 Å². The first kappa shape index (κ1) is 11.0. The number of amides is 1. The van der Waals surface area contributed by atoms with Gasteiger partial charge in [-0.3, -0.25) is 4.79 Å². The van der Waals surface area contributed by atoms with Crippen LogP contribution in [0.5, 0.6) is 0 Å². The Bertz CT molecular complexity index is 552. The summed E-state index contributed by atoms with van der Waals surface area (Å²) < 4.78 is 0. The van der Waals surface area contributed by atoms with Gasteiger partial charge in [-0.1, -0.05) is 18.2 Å². The number of nitrogen functional groups attached to an aromatic ring is 2. The molecule has 0 aliphatic carbocycles. The van der Waals surface area contributed by atoms with Crippen molar-refractivity contribution < 1.29 is 4.79 Å². The molecule has 86 valence electrons. The predicted molar refractivity (Wildman–Crippen MR) is 69.7 cm³/mol. The molecule has 0 aliphatic heterocycles. The Kier molecular flexibility index (Phi) is 2.96. The van der Waals surface area contributed by atoms with Crippen molar-refractivity contribution in [2.75, 3.05) is 16.8 Å². The van der Waals surface area contributed by atoms with Crippen LogP contribution in [0.3, 0.4) is 0 Å². The molecule has 0 saturated carbocycles. The topological polar surface area (TPSA) is 81.1 Å². The van der Waals surface area contributed by atoms with Gasteiger partial charge in [0.05, 0.1) is 5.56 Å². The summed E-state index contributed by atoms with van der Waals surface area (Å²) in [6, 6.07) is 13.9. The van der Waals surface area contributed by atoms with E-state index < -0.39 is 0 Å². The number of carbonyl (C=O) groups is 1. The highest BCUT2D eigenvalue weighted by molar-refractivity contribution is 6.07. The molecule has 0 unspecified atom stereocenters. The number of para-hydroxylation sites is 1. The largest absolute Gasteiger partial charge is 0.399 e. The molecule has 4 heteroatoms. The maximum absolute atomic E-state index is 11.9. The molecule has 0 bridgehead atoms. The molecule has 0 aliphatic rings. The van der Waals surface area contributed by atoms with Crippen LogP contribution in [0.15, 0.2) is 48.5 Å². The van der Waals surface area contributed by atoms with E-state index in [1.807, 2.05) is 0 Å². The monoisotopic (exact) mass is 227 g/mol. The summed E-state index contributed by atoms with van der Waals surface area (Å²) in [5, 5.41) is 2.74. The zero-order valence-electron chi connectivity index (χ0n) is 9.18. The Hall–Kier alpha value is -2.49. The first-order valence-electron chi connectivity index (χ1n) is 5.18. The smallest absolute Gasteiger partial charge is 0.257 e. The van der Waals surface area contributed by atoms with Crippen molar-refractivity contribution in [2.45, 2.75) is 0 Å². The van der Waals surface area contributed by atoms with E-state index in [9.17, 15) is 4.79 Å². The molecule has 0 radical (unpaired) electrons. The van der Waals surface area contributed by atoms with Crippen molar-refractivity contribution in [1.29, 1.82) is 0 Å². The van der Waals surface area contributed by atoms with Crippen molar-refractivity contribution in [1.82, 2.24) is 0 Å². The Morgan fingerprint density at radius 3 is 2.47 bits per heavy atom. The average Bonchev–Trinajstić information content (AvgIpc) is 2.29. The minimum atomic E-state index is -0.242. The van der Waals surface area contributed by atoms with Crippen molar-refractivity contribution in [2.24, 2.45) is 0 Å². The number of carbonyl (C=O) groups excluding carboxylic acids is 1. The number of benzene rings is 2. The first-order chi connectivity index (χ1) is 8.16. The van der Waals surface area contributed by atoms with E-state index in [0.717, 1.165) is 0 Å². The second kappa shape index (κ2) is 4.57. The summed E-state index contributed by atoms with van der Waals surface area (Å²) in [6.07, 6.45) is 0. The van der Waals surface area contributed by atoms with E-state index in [1.54, 1.807) is 48.5 Å². The number of anilines is 3. The highest BCUT2D eigenvalue weighted by Gasteiger charge is 2.08. The number of hydrogen-bond donors (Lipinski definition) is 3. The molecule has 0 heterocycles. The van der Waals surface area contributed by atoms with Crippen LogP contribution in [-0.4, -0.2) is 5.91 Å². The lowest BCUT2D eigenvalue weighted by Crippen LogP contribution is -2.13. The van der Waals surface area contributed by atoms with Crippen molar-refractivity contribution in [3.63, 3.8) is 0 Å². The fourth-order valence-corrected chi connectivity index (χ4v) is 1.52. The summed E-state index contributed by atoms with van der Waals surface area (Å²) in [6.45, 7) is 0. The molecule has 0 fully saturated rings. The maximum Gasteiger partial charge on any atom is 0.257 e. The van der Waals surface area contributed by atoms with Gasteiger partial charge in [0.15, 0.2) is 0 Å². The molecular formula is C13H13N3O. The SMILES string of the molecule is Nc1cccc(NC(=O)c2ccccc2N)c1. The van der Waals surface area contributed by atoms with Gasteiger partial charge in [0.25, 0.3) is 5.91 Å². The third-order valence-corrected chi connectivity index (χ3v) is 2.35. The highest BCUT2D eigenvalue weighted by Crippen LogP contribution is 2.16. The van der Waals surface area contributed by atoms with Gasteiger partial charge in [-0.2, -0.15) is 0 Å². The van der Waals surface area contributed by atoms with Crippen LogP contribution < -0.4 is 16.8 Å². The third-order valence-electron chi connectivity index (χ3n) is 2.35. The van der Waals surface area contributed by atoms with E-state index in [0.29, 0.717) is 22.6 Å². The molecular weight excluding hydrogens is 214 g/mol. The molecule has 2 rings (SSSR count). The minimum absolute atomic E-state index is 0.242. The standard InChI is InChI=1S/C13H13N3O/c14-9-4-3-5-10(8-9)16-13(17)11-6-1-2-7-12(11)15/h1-8H,14-15H2,(H,16,17). The highest BCUT2D eigenvalue weighted by atomic mass is 16.1. The number of hydrogen-bond acceptors (Lipinski definition) is 3. The summed E-state index contributed by atoms with van der Waals surface area (Å²) >= 11 is 0. The van der Waals surface area contributed by atoms with Gasteiger partial charge in [-0.25, -0.2) is 0 Å². The van der Waals surface area contributed by atoms with Crippen LogP contribution in [0.25, 0.3) is 0 Å². The van der Waals surface area contributed by atoms with Crippen LogP contribution in [0.4, 0.5) is 17.1 Å². The third kappa shape index (κ3) is 2.55. The molecule has 1 amide bonds. The number of nitrogens with two attached hydrogens (primary N) is 2. The van der Waals surface area contributed by atoms with Gasteiger partial charge in [-0.15, -0.1) is 0 Å². The second-order valence-corrected chi connectivity index (χ2v) is 3.67. The van der Waals surface area contributed by atoms with Gasteiger partial charge >= 0.3 is 0 Å². The van der Waals surface area contributed by atoms with Gasteiger partial charge in [0.2, 0.25) is 0 Å². The molecule has 0 spiro atoms. The van der Waals surface area contributed by atoms with Crippen molar-refractivity contribution in [3.05, 3.63) is 54.1 Å². The average molecular weight is 227 g/mol. The van der Waals surface area contributed by atoms with Crippen LogP contribution in [0.2, 0.25) is 0 Å². The molecule has 0 aromatic heterocycles. The van der Waals surface area contributed by atoms with E-state index in [1.165, 1.54) is 0 Å². The number of rotatable bonds is 2. The maximum atomic E-state index is 11.9. The summed E-state index contributed by atoms with van der Waals surface area (Å²) in [4.78, 5) is 11.9. The summed E-state index contributed by atoms with van der Waals surface area (Å²) in [7, 11) is 0. The molecule has 4 nitrogen and oxygen atoms in total. The van der Waals surface area contributed by atoms with Gasteiger partial charge < -0.3 is 16.8 Å². The van der Waals surface area contributed by atoms with E-state index >= 15 is 0 Å². The molecule has 2 aromatic carbocycles. The molecule has 5 N–H and O–H groups in total. The Morgan fingerprint density at radius 1 is 1.00 bits per heavy atom. The van der Waals surface area contributed by atoms with Gasteiger partial charge in [-0.05, 0) is 30.3 Å². The molecule has 17 heavy (non-hydrogen) atoms. The van der Waals surface area contributed by atoms with Crippen LogP contribution in [0.1, 0.15) is 10.4 Å². The second-order valence-electron chi connectivity index (χ2n) is 3.67. The molecule has 2 aromatic rings. The zero-order valence-corrected chi connectivity index (χ0v) is 9.18. The van der Waals surface area contributed by atoms with Gasteiger partial charge in [0.1, 0.15) is 0 Å². The summed E-state index contributed by atoms with van der Waals surface area (Å²) in [5.74, 6) is -0.242. The molecule has 0 atom stereocenters. The zero-order chi connectivity index (χ0) is 12.3. The predicted octanol–water partition coefficient (Wildman–Crippen LogP) is 2.10. The normalized spacial score (nSPS) is 9.88. The van der Waals surface area contributed by atoms with Crippen molar-refractivity contribution >= 4 is 23.0 Å². The van der Waals surface area contributed by atoms with E-state index in [-0.39, 0.29) is 5.91 Å². The number of nitrogens with one attached hydrogen (secondary N) is 1. The van der Waals surface area contributed by atoms with E-state index in [4.69, 9.17) is 11.5 Å². The Balaban J connectivity index is 2.20. The fourth-order valence-electron chi connectivity index (χ4n) is 1.52. The van der Waals surface area contributed by atoms with Gasteiger partial charge in [0, 0.05) is 17.1 Å². The fraction of sp³-hybridized carbons (Fsp3) is 0. The first-order valence-corrected chi connectivity index (χ1v) is 5.18. The Labute approximate surface area is 99.2 Å². The minimum Gasteiger partial charge on any atom is -0.399 e.